The maximum absolute atomic E-state index is 4.56. The van der Waals surface area contributed by atoms with Crippen LogP contribution in [0.5, 0.6) is 0 Å². The van der Waals surface area contributed by atoms with Gasteiger partial charge in [0.1, 0.15) is 5.65 Å². The highest BCUT2D eigenvalue weighted by Gasteiger charge is 2.04. The molecule has 0 amide bonds. The van der Waals surface area contributed by atoms with Gasteiger partial charge >= 0.3 is 0 Å². The molecule has 1 N–H and O–H groups in total. The predicted octanol–water partition coefficient (Wildman–Crippen LogP) is 3.56. The van der Waals surface area contributed by atoms with Gasteiger partial charge in [-0.05, 0) is 24.3 Å². The molecule has 0 aliphatic rings. The van der Waals surface area contributed by atoms with Crippen LogP contribution in [0.15, 0.2) is 54.9 Å². The highest BCUT2D eigenvalue weighted by Crippen LogP contribution is 2.25. The summed E-state index contributed by atoms with van der Waals surface area (Å²) in [4.78, 5) is 9.11. The summed E-state index contributed by atoms with van der Waals surface area (Å²) in [5, 5.41) is 4.28. The van der Waals surface area contributed by atoms with E-state index in [1.807, 2.05) is 53.2 Å². The number of anilines is 1. The van der Waals surface area contributed by atoms with Crippen molar-refractivity contribution in [1.82, 2.24) is 14.4 Å². The molecule has 4 nitrogen and oxygen atoms in total. The minimum absolute atomic E-state index is 0.682. The van der Waals surface area contributed by atoms with Gasteiger partial charge in [-0.25, -0.2) is 9.97 Å². The van der Waals surface area contributed by atoms with Crippen molar-refractivity contribution in [1.29, 1.82) is 0 Å². The first-order chi connectivity index (χ1) is 9.88. The lowest BCUT2D eigenvalue weighted by Gasteiger charge is -1.97. The molecule has 5 heteroatoms. The fourth-order valence-corrected chi connectivity index (χ4v) is 3.05. The zero-order valence-corrected chi connectivity index (χ0v) is 11.5. The largest absolute Gasteiger partial charge is 0.356 e. The minimum Gasteiger partial charge on any atom is -0.356 e. The summed E-state index contributed by atoms with van der Waals surface area (Å²) in [5.74, 6) is 0. The molecule has 0 saturated carbocycles. The monoisotopic (exact) mass is 280 g/mol. The molecule has 0 spiro atoms. The van der Waals surface area contributed by atoms with Crippen molar-refractivity contribution >= 4 is 32.3 Å². The van der Waals surface area contributed by atoms with E-state index in [1.165, 1.54) is 4.70 Å². The molecule has 0 radical (unpaired) electrons. The Labute approximate surface area is 119 Å². The molecule has 0 fully saturated rings. The van der Waals surface area contributed by atoms with Crippen LogP contribution in [-0.4, -0.2) is 14.4 Å². The van der Waals surface area contributed by atoms with Crippen LogP contribution in [0.2, 0.25) is 0 Å². The number of aromatic nitrogens is 3. The summed E-state index contributed by atoms with van der Waals surface area (Å²) in [6.45, 7) is 0.682. The van der Waals surface area contributed by atoms with Gasteiger partial charge in [-0.3, -0.25) is 0 Å². The van der Waals surface area contributed by atoms with Crippen molar-refractivity contribution in [2.75, 3.05) is 5.32 Å². The van der Waals surface area contributed by atoms with Gasteiger partial charge < -0.3 is 9.72 Å². The molecule has 0 aliphatic heterocycles. The highest BCUT2D eigenvalue weighted by atomic mass is 32.1. The topological polar surface area (TPSA) is 42.2 Å². The summed E-state index contributed by atoms with van der Waals surface area (Å²) < 4.78 is 3.22. The van der Waals surface area contributed by atoms with Crippen LogP contribution in [-0.2, 0) is 6.54 Å². The number of rotatable bonds is 3. The molecule has 20 heavy (non-hydrogen) atoms. The van der Waals surface area contributed by atoms with E-state index in [9.17, 15) is 0 Å². The first-order valence-electron chi connectivity index (χ1n) is 6.40. The fraction of sp³-hybridized carbons (Fsp3) is 0.0667. The highest BCUT2D eigenvalue weighted by molar-refractivity contribution is 7.22. The lowest BCUT2D eigenvalue weighted by atomic mass is 10.3. The Morgan fingerprint density at radius 2 is 1.95 bits per heavy atom. The lowest BCUT2D eigenvalue weighted by Crippen LogP contribution is -1.98. The SMILES string of the molecule is c1ccc2sc(NCc3cn4ccccc4n3)nc2c1. The van der Waals surface area contributed by atoms with E-state index >= 15 is 0 Å². The first-order valence-corrected chi connectivity index (χ1v) is 7.22. The fourth-order valence-electron chi connectivity index (χ4n) is 2.19. The third kappa shape index (κ3) is 2.02. The van der Waals surface area contributed by atoms with Crippen molar-refractivity contribution in [2.24, 2.45) is 0 Å². The summed E-state index contributed by atoms with van der Waals surface area (Å²) >= 11 is 1.67. The van der Waals surface area contributed by atoms with Crippen LogP contribution in [0, 0.1) is 0 Å². The summed E-state index contributed by atoms with van der Waals surface area (Å²) in [6, 6.07) is 14.2. The van der Waals surface area contributed by atoms with Gasteiger partial charge in [0, 0.05) is 12.4 Å². The Balaban J connectivity index is 1.57. The van der Waals surface area contributed by atoms with Crippen molar-refractivity contribution in [3.8, 4) is 0 Å². The number of benzene rings is 1. The average molecular weight is 280 g/mol. The van der Waals surface area contributed by atoms with Crippen molar-refractivity contribution < 1.29 is 0 Å². The van der Waals surface area contributed by atoms with E-state index in [0.29, 0.717) is 6.54 Å². The molecule has 1 aromatic carbocycles. The summed E-state index contributed by atoms with van der Waals surface area (Å²) in [5.41, 5.74) is 3.01. The summed E-state index contributed by atoms with van der Waals surface area (Å²) in [7, 11) is 0. The lowest BCUT2D eigenvalue weighted by molar-refractivity contribution is 1.07. The zero-order chi connectivity index (χ0) is 13.4. The number of hydrogen-bond acceptors (Lipinski definition) is 4. The van der Waals surface area contributed by atoms with Gasteiger partial charge in [-0.15, -0.1) is 0 Å². The molecule has 98 valence electrons. The van der Waals surface area contributed by atoms with Gasteiger partial charge in [-0.2, -0.15) is 0 Å². The molecule has 0 atom stereocenters. The first kappa shape index (κ1) is 11.4. The molecule has 3 heterocycles. The molecule has 0 unspecified atom stereocenters. The second-order valence-corrected chi connectivity index (χ2v) is 5.57. The standard InChI is InChI=1S/C15H12N4S/c1-2-6-13-12(5-1)18-15(20-13)16-9-11-10-19-8-4-3-7-14(19)17-11/h1-8,10H,9H2,(H,16,18). The average Bonchev–Trinajstić information content (AvgIpc) is 3.07. The van der Waals surface area contributed by atoms with Crippen LogP contribution in [0.25, 0.3) is 15.9 Å². The van der Waals surface area contributed by atoms with Crippen molar-refractivity contribution in [2.45, 2.75) is 6.54 Å². The van der Waals surface area contributed by atoms with E-state index in [0.717, 1.165) is 22.0 Å². The molecule has 0 bridgehead atoms. The number of pyridine rings is 1. The van der Waals surface area contributed by atoms with Crippen molar-refractivity contribution in [3.63, 3.8) is 0 Å². The molecule has 0 saturated heterocycles. The maximum Gasteiger partial charge on any atom is 0.184 e. The smallest absolute Gasteiger partial charge is 0.184 e. The quantitative estimate of drug-likeness (QED) is 0.624. The second-order valence-electron chi connectivity index (χ2n) is 4.54. The number of nitrogens with one attached hydrogen (secondary N) is 1. The van der Waals surface area contributed by atoms with Crippen molar-refractivity contribution in [3.05, 3.63) is 60.6 Å². The maximum atomic E-state index is 4.56. The van der Waals surface area contributed by atoms with E-state index in [1.54, 1.807) is 11.3 Å². The Morgan fingerprint density at radius 1 is 1.05 bits per heavy atom. The van der Waals surface area contributed by atoms with Crippen LogP contribution in [0.4, 0.5) is 5.13 Å². The van der Waals surface area contributed by atoms with Gasteiger partial charge in [0.2, 0.25) is 0 Å². The predicted molar refractivity (Wildman–Crippen MR) is 82.1 cm³/mol. The van der Waals surface area contributed by atoms with Crippen LogP contribution < -0.4 is 5.32 Å². The molecule has 4 aromatic rings. The summed E-state index contributed by atoms with van der Waals surface area (Å²) in [6.07, 6.45) is 4.04. The molecular formula is C15H12N4S. The minimum atomic E-state index is 0.682. The number of para-hydroxylation sites is 1. The molecular weight excluding hydrogens is 268 g/mol. The number of hydrogen-bond donors (Lipinski definition) is 1. The zero-order valence-electron chi connectivity index (χ0n) is 10.7. The third-order valence-electron chi connectivity index (χ3n) is 3.13. The van der Waals surface area contributed by atoms with E-state index in [2.05, 4.69) is 21.4 Å². The van der Waals surface area contributed by atoms with Crippen LogP contribution in [0.1, 0.15) is 5.69 Å². The number of imidazole rings is 1. The Morgan fingerprint density at radius 3 is 2.85 bits per heavy atom. The van der Waals surface area contributed by atoms with Crippen LogP contribution >= 0.6 is 11.3 Å². The van der Waals surface area contributed by atoms with E-state index in [-0.39, 0.29) is 0 Å². The van der Waals surface area contributed by atoms with Crippen LogP contribution in [0.3, 0.4) is 0 Å². The number of fused-ring (bicyclic) bond motifs is 2. The Bertz CT molecular complexity index is 737. The van der Waals surface area contributed by atoms with E-state index < -0.39 is 0 Å². The molecule has 4 rings (SSSR count). The second kappa shape index (κ2) is 4.61. The molecule has 3 aromatic heterocycles. The third-order valence-corrected chi connectivity index (χ3v) is 4.12. The van der Waals surface area contributed by atoms with Gasteiger partial charge in [0.25, 0.3) is 0 Å². The normalized spacial score (nSPS) is 11.2. The Hall–Kier alpha value is -2.40. The van der Waals surface area contributed by atoms with Gasteiger partial charge in [0.15, 0.2) is 5.13 Å². The number of nitrogens with zero attached hydrogens (tertiary/aromatic N) is 3. The molecule has 0 aliphatic carbocycles. The number of thiazole rings is 1. The van der Waals surface area contributed by atoms with Gasteiger partial charge in [-0.1, -0.05) is 29.5 Å². The van der Waals surface area contributed by atoms with Gasteiger partial charge in [0.05, 0.1) is 22.5 Å². The van der Waals surface area contributed by atoms with E-state index in [4.69, 9.17) is 0 Å². The Kier molecular flexibility index (Phi) is 2.63.